The number of unbranched alkanes of at least 4 members (excludes halogenated alkanes) is 2. The molecular formula is C37H54Zr. The van der Waals surface area contributed by atoms with E-state index in [-0.39, 0.29) is 10.8 Å². The molecule has 4 rings (SSSR count). The number of allylic oxidation sites excluding steroid dienone is 4. The van der Waals surface area contributed by atoms with Crippen molar-refractivity contribution in [2.24, 2.45) is 0 Å². The maximum absolute atomic E-state index is 5.65. The van der Waals surface area contributed by atoms with Gasteiger partial charge in [-0.25, -0.2) is 0 Å². The van der Waals surface area contributed by atoms with Gasteiger partial charge in [0.1, 0.15) is 0 Å². The number of hydrogen-bond acceptors (Lipinski definition) is 0. The molecule has 0 radical (unpaired) electrons. The van der Waals surface area contributed by atoms with Gasteiger partial charge in [0.2, 0.25) is 0 Å². The summed E-state index contributed by atoms with van der Waals surface area (Å²) in [6, 6.07) is 10.4. The van der Waals surface area contributed by atoms with Crippen LogP contribution in [-0.4, -0.2) is 4.21 Å². The van der Waals surface area contributed by atoms with E-state index >= 15 is 0 Å². The summed E-state index contributed by atoms with van der Waals surface area (Å²) in [5.74, 6) is 0. The normalized spacial score (nSPS) is 16.4. The van der Waals surface area contributed by atoms with E-state index in [1.54, 1.807) is 11.1 Å². The number of rotatable bonds is 8. The van der Waals surface area contributed by atoms with E-state index in [2.05, 4.69) is 118 Å². The second kappa shape index (κ2) is 10.3. The van der Waals surface area contributed by atoms with Gasteiger partial charge in [-0.1, -0.05) is 0 Å². The van der Waals surface area contributed by atoms with Crippen molar-refractivity contribution in [2.45, 2.75) is 121 Å². The van der Waals surface area contributed by atoms with Crippen LogP contribution in [0, 0.1) is 13.8 Å². The van der Waals surface area contributed by atoms with Crippen LogP contribution < -0.4 is 0 Å². The molecule has 38 heavy (non-hydrogen) atoms. The molecule has 0 spiro atoms. The molecule has 0 bridgehead atoms. The van der Waals surface area contributed by atoms with Gasteiger partial charge in [0.25, 0.3) is 0 Å². The van der Waals surface area contributed by atoms with Crippen LogP contribution in [0.25, 0.3) is 11.1 Å². The topological polar surface area (TPSA) is 0 Å². The molecule has 0 amide bonds. The van der Waals surface area contributed by atoms with Gasteiger partial charge < -0.3 is 0 Å². The van der Waals surface area contributed by atoms with Gasteiger partial charge in [0, 0.05) is 0 Å². The van der Waals surface area contributed by atoms with E-state index in [0.717, 1.165) is 0 Å². The number of fused-ring (bicyclic) bond motifs is 3. The Balaban J connectivity index is 2.14. The van der Waals surface area contributed by atoms with E-state index in [9.17, 15) is 0 Å². The molecule has 0 unspecified atom stereocenters. The van der Waals surface area contributed by atoms with Crippen LogP contribution in [0.2, 0.25) is 11.9 Å². The van der Waals surface area contributed by atoms with Crippen LogP contribution in [-0.2, 0) is 29.1 Å². The fourth-order valence-corrected chi connectivity index (χ4v) is 27.4. The van der Waals surface area contributed by atoms with Crippen molar-refractivity contribution < 1.29 is 18.3 Å². The monoisotopic (exact) mass is 588 g/mol. The van der Waals surface area contributed by atoms with Gasteiger partial charge >= 0.3 is 237 Å². The maximum atomic E-state index is 5.65. The van der Waals surface area contributed by atoms with Crippen molar-refractivity contribution in [3.63, 3.8) is 0 Å². The van der Waals surface area contributed by atoms with E-state index in [4.69, 9.17) is 4.21 Å². The second-order valence-electron chi connectivity index (χ2n) is 15.1. The summed E-state index contributed by atoms with van der Waals surface area (Å²) in [6.45, 7) is 23.7. The third-order valence-electron chi connectivity index (χ3n) is 10.1. The van der Waals surface area contributed by atoms with Crippen LogP contribution in [0.4, 0.5) is 0 Å². The molecule has 0 atom stereocenters. The molecule has 0 heterocycles. The summed E-state index contributed by atoms with van der Waals surface area (Å²) in [5, 5.41) is 0. The zero-order valence-corrected chi connectivity index (χ0v) is 28.7. The third-order valence-corrected chi connectivity index (χ3v) is 28.9. The third kappa shape index (κ3) is 4.89. The average molecular weight is 590 g/mol. The number of benzene rings is 2. The SMILES string of the molecule is [CH2]=[Zr]([CH2]CCC)([CH2]CCC)([CH]1C=CC=C1)[CH]1c2cc(C)c(C(C)(C)C)cc2-c2cc(C(C)(C)C)c(C)cc21. The summed E-state index contributed by atoms with van der Waals surface area (Å²) < 4.78 is 9.37. The Kier molecular flexibility index (Phi) is 8.00. The first-order chi connectivity index (χ1) is 17.7. The summed E-state index contributed by atoms with van der Waals surface area (Å²) in [5.41, 5.74) is 12.4. The molecular weight excluding hydrogens is 536 g/mol. The Morgan fingerprint density at radius 1 is 0.684 bits per heavy atom. The predicted molar refractivity (Wildman–Crippen MR) is 169 cm³/mol. The van der Waals surface area contributed by atoms with E-state index in [0.29, 0.717) is 7.25 Å². The van der Waals surface area contributed by atoms with Crippen LogP contribution in [0.1, 0.15) is 118 Å². The minimum absolute atomic E-state index is 0.124. The second-order valence-corrected chi connectivity index (χ2v) is 31.1. The Bertz CT molecular complexity index is 1240. The van der Waals surface area contributed by atoms with Crippen molar-refractivity contribution in [2.75, 3.05) is 0 Å². The quantitative estimate of drug-likeness (QED) is 0.287. The molecule has 206 valence electrons. The first-order valence-corrected chi connectivity index (χ1v) is 23.4. The van der Waals surface area contributed by atoms with Crippen LogP contribution >= 0.6 is 0 Å². The van der Waals surface area contributed by atoms with Crippen molar-refractivity contribution in [3.8, 4) is 11.1 Å². The standard InChI is InChI=1S/C23H29.C5H5.2C4H9.CH2.Zr/c1-14-9-16-11-17-10-15(2)21(23(6,7)8)13-19(17)18(16)12-20(14)22(3,4)5;1-2-4-5-3-1;2*1-3-4-2;;/h9-13H,1-8H3;1-5H;2*1,3-4H2,2H3;1H2;. The molecule has 2 aromatic rings. The minimum atomic E-state index is -3.83. The molecule has 2 aliphatic rings. The Labute approximate surface area is 235 Å². The fourth-order valence-electron chi connectivity index (χ4n) is 8.18. The fraction of sp³-hybridized carbons (Fsp3) is 0.541. The van der Waals surface area contributed by atoms with Gasteiger partial charge in [0.15, 0.2) is 0 Å². The van der Waals surface area contributed by atoms with Gasteiger partial charge in [0.05, 0.1) is 0 Å². The average Bonchev–Trinajstić information content (AvgIpc) is 3.46. The van der Waals surface area contributed by atoms with Crippen LogP contribution in [0.3, 0.4) is 0 Å². The van der Waals surface area contributed by atoms with Gasteiger partial charge in [-0.2, -0.15) is 0 Å². The van der Waals surface area contributed by atoms with Gasteiger partial charge in [-0.3, -0.25) is 0 Å². The van der Waals surface area contributed by atoms with E-state index < -0.39 is 18.3 Å². The zero-order valence-electron chi connectivity index (χ0n) is 26.2. The Morgan fingerprint density at radius 3 is 1.42 bits per heavy atom. The first-order valence-electron chi connectivity index (χ1n) is 15.4. The van der Waals surface area contributed by atoms with Crippen LogP contribution in [0.5, 0.6) is 0 Å². The predicted octanol–water partition coefficient (Wildman–Crippen LogP) is 11.4. The van der Waals surface area contributed by atoms with Crippen LogP contribution in [0.15, 0.2) is 48.6 Å². The molecule has 0 N–H and O–H groups in total. The molecule has 1 heteroatoms. The van der Waals surface area contributed by atoms with Crippen molar-refractivity contribution in [1.82, 2.24) is 0 Å². The van der Waals surface area contributed by atoms with E-state index in [1.165, 1.54) is 67.3 Å². The number of aryl methyl sites for hydroxylation is 2. The van der Waals surface area contributed by atoms with Crippen molar-refractivity contribution in [3.05, 3.63) is 82.0 Å². The summed E-state index contributed by atoms with van der Waals surface area (Å²) in [7, 11) is 0. The molecule has 0 fully saturated rings. The summed E-state index contributed by atoms with van der Waals surface area (Å²) >= 11 is -3.83. The molecule has 0 nitrogen and oxygen atoms in total. The van der Waals surface area contributed by atoms with E-state index in [1.807, 2.05) is 0 Å². The molecule has 0 saturated carbocycles. The molecule has 0 aromatic heterocycles. The van der Waals surface area contributed by atoms with Gasteiger partial charge in [-0.15, -0.1) is 0 Å². The Hall–Kier alpha value is -1.33. The molecule has 0 saturated heterocycles. The number of hydrogen-bond donors (Lipinski definition) is 0. The zero-order chi connectivity index (χ0) is 28.1. The van der Waals surface area contributed by atoms with Crippen molar-refractivity contribution in [1.29, 1.82) is 0 Å². The summed E-state index contributed by atoms with van der Waals surface area (Å²) in [6.07, 6.45) is 14.8. The first kappa shape index (κ1) is 29.7. The molecule has 0 aliphatic heterocycles. The van der Waals surface area contributed by atoms with Crippen molar-refractivity contribution >= 4 is 4.21 Å². The Morgan fingerprint density at radius 2 is 1.08 bits per heavy atom. The molecule has 2 aliphatic carbocycles. The van der Waals surface area contributed by atoms with Gasteiger partial charge in [-0.05, 0) is 0 Å². The molecule has 2 aromatic carbocycles. The summed E-state index contributed by atoms with van der Waals surface area (Å²) in [4.78, 5) is 0.